The Morgan fingerprint density at radius 3 is 2.50 bits per heavy atom. The van der Waals surface area contributed by atoms with Crippen molar-refractivity contribution in [3.8, 4) is 0 Å². The molecule has 1 aromatic rings. The summed E-state index contributed by atoms with van der Waals surface area (Å²) in [6.07, 6.45) is 0.806. The van der Waals surface area contributed by atoms with Crippen LogP contribution in [-0.4, -0.2) is 18.4 Å². The van der Waals surface area contributed by atoms with Crippen molar-refractivity contribution in [2.24, 2.45) is 0 Å². The van der Waals surface area contributed by atoms with Crippen LogP contribution in [0, 0.1) is 5.82 Å². The molecule has 2 nitrogen and oxygen atoms in total. The zero-order valence-corrected chi connectivity index (χ0v) is 6.76. The van der Waals surface area contributed by atoms with Gasteiger partial charge in [0.05, 0.1) is 6.73 Å². The Morgan fingerprint density at radius 2 is 1.92 bits per heavy atom. The molecule has 0 saturated heterocycles. The van der Waals surface area contributed by atoms with Gasteiger partial charge >= 0.3 is 0 Å². The van der Waals surface area contributed by atoms with E-state index in [1.54, 1.807) is 12.1 Å². The number of benzene rings is 1. The highest BCUT2D eigenvalue weighted by atomic mass is 19.1. The van der Waals surface area contributed by atoms with Gasteiger partial charge in [0.25, 0.3) is 0 Å². The molecule has 1 rings (SSSR count). The molecule has 0 saturated carbocycles. The number of nitrogens with one attached hydrogen (secondary N) is 1. The SMILES string of the molecule is OCNCCc1ccc(F)cc1. The predicted octanol–water partition coefficient (Wildman–Crippen LogP) is 0.908. The van der Waals surface area contributed by atoms with Crippen molar-refractivity contribution in [1.82, 2.24) is 5.32 Å². The summed E-state index contributed by atoms with van der Waals surface area (Å²) in [5, 5.41) is 11.2. The van der Waals surface area contributed by atoms with Gasteiger partial charge in [-0.1, -0.05) is 12.1 Å². The summed E-state index contributed by atoms with van der Waals surface area (Å²) in [6.45, 7) is 0.698. The Balaban J connectivity index is 2.37. The first-order valence-electron chi connectivity index (χ1n) is 3.89. The Bertz CT molecular complexity index is 222. The molecular formula is C9H12FNO. The first kappa shape index (κ1) is 9.16. The van der Waals surface area contributed by atoms with E-state index in [-0.39, 0.29) is 12.5 Å². The minimum absolute atomic E-state index is 0.0127. The molecule has 1 aromatic carbocycles. The van der Waals surface area contributed by atoms with Crippen LogP contribution >= 0.6 is 0 Å². The lowest BCUT2D eigenvalue weighted by Crippen LogP contribution is -2.17. The molecule has 0 aromatic heterocycles. The smallest absolute Gasteiger partial charge is 0.123 e. The molecule has 0 aliphatic carbocycles. The zero-order chi connectivity index (χ0) is 8.81. The molecule has 0 fully saturated rings. The molecule has 0 radical (unpaired) electrons. The second-order valence-electron chi connectivity index (χ2n) is 2.53. The van der Waals surface area contributed by atoms with Crippen LogP contribution in [0.25, 0.3) is 0 Å². The van der Waals surface area contributed by atoms with Gasteiger partial charge in [-0.3, -0.25) is 5.32 Å². The Labute approximate surface area is 71.0 Å². The number of halogens is 1. The summed E-state index contributed by atoms with van der Waals surface area (Å²) < 4.78 is 12.4. The standard InChI is InChI=1S/C9H12FNO/c10-9-3-1-8(2-4-9)5-6-11-7-12/h1-4,11-12H,5-7H2. The molecule has 66 valence electrons. The molecule has 0 amide bonds. The van der Waals surface area contributed by atoms with Crippen LogP contribution in [0.5, 0.6) is 0 Å². The normalized spacial score (nSPS) is 10.2. The molecule has 0 heterocycles. The van der Waals surface area contributed by atoms with E-state index in [2.05, 4.69) is 5.32 Å². The van der Waals surface area contributed by atoms with Gasteiger partial charge < -0.3 is 5.11 Å². The molecular weight excluding hydrogens is 157 g/mol. The average molecular weight is 169 g/mol. The summed E-state index contributed by atoms with van der Waals surface area (Å²) >= 11 is 0. The molecule has 3 heteroatoms. The lowest BCUT2D eigenvalue weighted by molar-refractivity contribution is 0.262. The van der Waals surface area contributed by atoms with Gasteiger partial charge in [-0.2, -0.15) is 0 Å². The van der Waals surface area contributed by atoms with Crippen molar-refractivity contribution in [3.63, 3.8) is 0 Å². The highest BCUT2D eigenvalue weighted by molar-refractivity contribution is 5.16. The number of hydrogen-bond donors (Lipinski definition) is 2. The largest absolute Gasteiger partial charge is 0.381 e. The van der Waals surface area contributed by atoms with Crippen LogP contribution in [0.15, 0.2) is 24.3 Å². The molecule has 0 aliphatic rings. The molecule has 0 aliphatic heterocycles. The van der Waals surface area contributed by atoms with Gasteiger partial charge in [0.2, 0.25) is 0 Å². The number of aliphatic hydroxyl groups excluding tert-OH is 1. The quantitative estimate of drug-likeness (QED) is 0.518. The summed E-state index contributed by atoms with van der Waals surface area (Å²) in [4.78, 5) is 0. The van der Waals surface area contributed by atoms with Gasteiger partial charge in [0, 0.05) is 6.54 Å². The summed E-state index contributed by atoms with van der Waals surface area (Å²) in [5.74, 6) is -0.214. The van der Waals surface area contributed by atoms with Gasteiger partial charge in [-0.05, 0) is 24.1 Å². The lowest BCUT2D eigenvalue weighted by atomic mass is 10.1. The van der Waals surface area contributed by atoms with Crippen molar-refractivity contribution in [1.29, 1.82) is 0 Å². The first-order valence-corrected chi connectivity index (χ1v) is 3.89. The fourth-order valence-corrected chi connectivity index (χ4v) is 0.963. The third-order valence-electron chi connectivity index (χ3n) is 1.62. The first-order chi connectivity index (χ1) is 5.83. The highest BCUT2D eigenvalue weighted by Gasteiger charge is 1.92. The van der Waals surface area contributed by atoms with E-state index in [0.29, 0.717) is 6.54 Å². The van der Waals surface area contributed by atoms with E-state index < -0.39 is 0 Å². The number of aliphatic hydroxyl groups is 1. The Kier molecular flexibility index (Phi) is 3.70. The molecule has 0 atom stereocenters. The molecule has 0 unspecified atom stereocenters. The van der Waals surface area contributed by atoms with Crippen LogP contribution in [0.3, 0.4) is 0 Å². The van der Waals surface area contributed by atoms with E-state index >= 15 is 0 Å². The average Bonchev–Trinajstić information content (AvgIpc) is 2.09. The third-order valence-corrected chi connectivity index (χ3v) is 1.62. The van der Waals surface area contributed by atoms with Crippen molar-refractivity contribution < 1.29 is 9.50 Å². The summed E-state index contributed by atoms with van der Waals surface area (Å²) in [5.41, 5.74) is 1.07. The van der Waals surface area contributed by atoms with Crippen LogP contribution in [-0.2, 0) is 6.42 Å². The monoisotopic (exact) mass is 169 g/mol. The fraction of sp³-hybridized carbons (Fsp3) is 0.333. The van der Waals surface area contributed by atoms with Crippen LogP contribution < -0.4 is 5.32 Å². The maximum Gasteiger partial charge on any atom is 0.123 e. The van der Waals surface area contributed by atoms with Gasteiger partial charge in [-0.25, -0.2) is 4.39 Å². The second-order valence-corrected chi connectivity index (χ2v) is 2.53. The second kappa shape index (κ2) is 4.85. The topological polar surface area (TPSA) is 32.3 Å². The third kappa shape index (κ3) is 2.98. The van der Waals surface area contributed by atoms with Crippen molar-refractivity contribution >= 4 is 0 Å². The van der Waals surface area contributed by atoms with Gasteiger partial charge in [0.15, 0.2) is 0 Å². The maximum absolute atomic E-state index is 12.4. The molecule has 0 bridgehead atoms. The van der Waals surface area contributed by atoms with E-state index in [1.165, 1.54) is 12.1 Å². The van der Waals surface area contributed by atoms with Crippen molar-refractivity contribution in [2.45, 2.75) is 6.42 Å². The van der Waals surface area contributed by atoms with E-state index in [1.807, 2.05) is 0 Å². The predicted molar refractivity (Wildman–Crippen MR) is 45.2 cm³/mol. The summed E-state index contributed by atoms with van der Waals surface area (Å²) in [6, 6.07) is 6.37. The lowest BCUT2D eigenvalue weighted by Gasteiger charge is -2.00. The number of hydrogen-bond acceptors (Lipinski definition) is 2. The fourth-order valence-electron chi connectivity index (χ4n) is 0.963. The minimum Gasteiger partial charge on any atom is -0.381 e. The van der Waals surface area contributed by atoms with Gasteiger partial charge in [-0.15, -0.1) is 0 Å². The van der Waals surface area contributed by atoms with E-state index in [9.17, 15) is 4.39 Å². The number of rotatable bonds is 4. The zero-order valence-electron chi connectivity index (χ0n) is 6.76. The van der Waals surface area contributed by atoms with Gasteiger partial charge in [0.1, 0.15) is 5.82 Å². The highest BCUT2D eigenvalue weighted by Crippen LogP contribution is 2.02. The molecule has 0 spiro atoms. The van der Waals surface area contributed by atoms with Crippen molar-refractivity contribution in [2.75, 3.05) is 13.3 Å². The van der Waals surface area contributed by atoms with Crippen LogP contribution in [0.1, 0.15) is 5.56 Å². The van der Waals surface area contributed by atoms with E-state index in [4.69, 9.17) is 5.11 Å². The van der Waals surface area contributed by atoms with Crippen molar-refractivity contribution in [3.05, 3.63) is 35.6 Å². The van der Waals surface area contributed by atoms with E-state index in [0.717, 1.165) is 12.0 Å². The Hall–Kier alpha value is -0.930. The maximum atomic E-state index is 12.4. The molecule has 2 N–H and O–H groups in total. The van der Waals surface area contributed by atoms with Crippen LogP contribution in [0.2, 0.25) is 0 Å². The Morgan fingerprint density at radius 1 is 1.25 bits per heavy atom. The summed E-state index contributed by atoms with van der Waals surface area (Å²) in [7, 11) is 0. The minimum atomic E-state index is -0.214. The van der Waals surface area contributed by atoms with Crippen LogP contribution in [0.4, 0.5) is 4.39 Å². The molecule has 12 heavy (non-hydrogen) atoms.